The lowest BCUT2D eigenvalue weighted by atomic mass is 9.93. The lowest BCUT2D eigenvalue weighted by Crippen LogP contribution is -2.25. The normalized spacial score (nSPS) is 18.5. The Morgan fingerprint density at radius 1 is 1.53 bits per heavy atom. The van der Waals surface area contributed by atoms with E-state index in [0.29, 0.717) is 6.04 Å². The summed E-state index contributed by atoms with van der Waals surface area (Å²) in [6, 6.07) is 2.53. The van der Waals surface area contributed by atoms with Gasteiger partial charge in [-0.3, -0.25) is 0 Å². The molecule has 1 unspecified atom stereocenters. The van der Waals surface area contributed by atoms with E-state index in [1.165, 1.54) is 24.1 Å². The molecule has 1 aliphatic carbocycles. The van der Waals surface area contributed by atoms with Crippen molar-refractivity contribution in [3.05, 3.63) is 41.9 Å². The fourth-order valence-corrected chi connectivity index (χ4v) is 2.86. The summed E-state index contributed by atoms with van der Waals surface area (Å²) in [6.07, 6.45) is 10.3. The maximum absolute atomic E-state index is 5.53. The summed E-state index contributed by atoms with van der Waals surface area (Å²) in [4.78, 5) is 4.24. The molecule has 0 aromatic carbocycles. The number of furan rings is 1. The summed E-state index contributed by atoms with van der Waals surface area (Å²) >= 11 is 0. The van der Waals surface area contributed by atoms with Gasteiger partial charge in [-0.15, -0.1) is 0 Å². The molecule has 0 aliphatic heterocycles. The van der Waals surface area contributed by atoms with E-state index < -0.39 is 0 Å². The van der Waals surface area contributed by atoms with Crippen molar-refractivity contribution >= 4 is 0 Å². The van der Waals surface area contributed by atoms with Crippen LogP contribution in [0.4, 0.5) is 0 Å². The number of nitrogens with zero attached hydrogens (tertiary/aromatic N) is 2. The van der Waals surface area contributed by atoms with E-state index in [-0.39, 0.29) is 0 Å². The first-order valence-electron chi connectivity index (χ1n) is 7.17. The Balaban J connectivity index is 1.66. The number of aromatic nitrogens is 2. The molecule has 19 heavy (non-hydrogen) atoms. The molecular weight excluding hydrogens is 238 g/mol. The van der Waals surface area contributed by atoms with Crippen LogP contribution in [0.25, 0.3) is 0 Å². The van der Waals surface area contributed by atoms with Gasteiger partial charge in [0.2, 0.25) is 0 Å². The van der Waals surface area contributed by atoms with Crippen LogP contribution in [0.3, 0.4) is 0 Å². The van der Waals surface area contributed by atoms with Gasteiger partial charge in [0.15, 0.2) is 0 Å². The highest BCUT2D eigenvalue weighted by atomic mass is 16.3. The standard InChI is InChI=1S/C15H21N3O/c1-2-7-18-11-16-9-12(18)10-17-14-4-3-5-15-13(14)6-8-19-15/h6,8-9,11,14,17H,2-5,7,10H2,1H3. The molecule has 0 fully saturated rings. The SMILES string of the molecule is CCCn1cncc1CNC1CCCc2occc21. The maximum Gasteiger partial charge on any atom is 0.108 e. The Kier molecular flexibility index (Phi) is 3.69. The van der Waals surface area contributed by atoms with E-state index in [2.05, 4.69) is 27.9 Å². The number of imidazole rings is 1. The van der Waals surface area contributed by atoms with Crippen molar-refractivity contribution in [1.29, 1.82) is 0 Å². The van der Waals surface area contributed by atoms with Crippen LogP contribution in [0.2, 0.25) is 0 Å². The van der Waals surface area contributed by atoms with Crippen LogP contribution in [0.15, 0.2) is 29.3 Å². The monoisotopic (exact) mass is 259 g/mol. The van der Waals surface area contributed by atoms with Crippen molar-refractivity contribution in [1.82, 2.24) is 14.9 Å². The van der Waals surface area contributed by atoms with Crippen molar-refractivity contribution < 1.29 is 4.42 Å². The quantitative estimate of drug-likeness (QED) is 0.897. The zero-order valence-electron chi connectivity index (χ0n) is 11.4. The molecule has 0 saturated carbocycles. The third-order valence-corrected chi connectivity index (χ3v) is 3.84. The molecule has 0 saturated heterocycles. The average Bonchev–Trinajstić information content (AvgIpc) is 3.05. The number of fused-ring (bicyclic) bond motifs is 1. The summed E-state index contributed by atoms with van der Waals surface area (Å²) < 4.78 is 7.76. The van der Waals surface area contributed by atoms with E-state index in [9.17, 15) is 0 Å². The summed E-state index contributed by atoms with van der Waals surface area (Å²) in [6.45, 7) is 4.10. The van der Waals surface area contributed by atoms with Crippen molar-refractivity contribution in [2.75, 3.05) is 0 Å². The van der Waals surface area contributed by atoms with E-state index in [0.717, 1.165) is 31.7 Å². The highest BCUT2D eigenvalue weighted by Crippen LogP contribution is 2.30. The summed E-state index contributed by atoms with van der Waals surface area (Å²) in [7, 11) is 0. The molecule has 1 aliphatic rings. The average molecular weight is 259 g/mol. The van der Waals surface area contributed by atoms with Crippen LogP contribution < -0.4 is 5.32 Å². The molecular formula is C15H21N3O. The first-order chi connectivity index (χ1) is 9.38. The highest BCUT2D eigenvalue weighted by molar-refractivity contribution is 5.24. The van der Waals surface area contributed by atoms with Crippen LogP contribution >= 0.6 is 0 Å². The molecule has 0 spiro atoms. The maximum atomic E-state index is 5.53. The number of aryl methyl sites for hydroxylation is 2. The molecule has 4 nitrogen and oxygen atoms in total. The highest BCUT2D eigenvalue weighted by Gasteiger charge is 2.22. The summed E-state index contributed by atoms with van der Waals surface area (Å²) in [5, 5.41) is 3.64. The Hall–Kier alpha value is -1.55. The van der Waals surface area contributed by atoms with Crippen molar-refractivity contribution in [2.24, 2.45) is 0 Å². The molecule has 0 bridgehead atoms. The summed E-state index contributed by atoms with van der Waals surface area (Å²) in [5.74, 6) is 1.16. The third-order valence-electron chi connectivity index (χ3n) is 3.84. The lowest BCUT2D eigenvalue weighted by Gasteiger charge is -2.23. The van der Waals surface area contributed by atoms with E-state index in [4.69, 9.17) is 4.42 Å². The Bertz CT molecular complexity index is 529. The molecule has 3 rings (SSSR count). The first kappa shape index (κ1) is 12.5. The zero-order chi connectivity index (χ0) is 13.1. The third kappa shape index (κ3) is 2.59. The van der Waals surface area contributed by atoms with E-state index in [1.54, 1.807) is 0 Å². The molecule has 2 aromatic heterocycles. The molecule has 102 valence electrons. The van der Waals surface area contributed by atoms with Gasteiger partial charge in [-0.05, 0) is 25.3 Å². The van der Waals surface area contributed by atoms with Gasteiger partial charge in [-0.2, -0.15) is 0 Å². The van der Waals surface area contributed by atoms with Gasteiger partial charge in [-0.25, -0.2) is 4.98 Å². The molecule has 2 heterocycles. The van der Waals surface area contributed by atoms with E-state index in [1.807, 2.05) is 18.8 Å². The fraction of sp³-hybridized carbons (Fsp3) is 0.533. The molecule has 0 amide bonds. The molecule has 1 atom stereocenters. The molecule has 1 N–H and O–H groups in total. The van der Waals surface area contributed by atoms with Gasteiger partial charge in [0.05, 0.1) is 18.3 Å². The van der Waals surface area contributed by atoms with Gasteiger partial charge in [0, 0.05) is 37.3 Å². The van der Waals surface area contributed by atoms with Gasteiger partial charge in [0.25, 0.3) is 0 Å². The molecule has 0 radical (unpaired) electrons. The van der Waals surface area contributed by atoms with Gasteiger partial charge < -0.3 is 14.3 Å². The van der Waals surface area contributed by atoms with Crippen LogP contribution in [-0.4, -0.2) is 9.55 Å². The lowest BCUT2D eigenvalue weighted by molar-refractivity contribution is 0.406. The van der Waals surface area contributed by atoms with Crippen molar-refractivity contribution in [2.45, 2.75) is 51.7 Å². The second-order valence-electron chi connectivity index (χ2n) is 5.20. The number of hydrogen-bond acceptors (Lipinski definition) is 3. The van der Waals surface area contributed by atoms with Crippen LogP contribution in [0.1, 0.15) is 49.2 Å². The fourth-order valence-electron chi connectivity index (χ4n) is 2.86. The minimum Gasteiger partial charge on any atom is -0.469 e. The number of nitrogens with one attached hydrogen (secondary N) is 1. The van der Waals surface area contributed by atoms with Crippen molar-refractivity contribution in [3.63, 3.8) is 0 Å². The predicted octanol–water partition coefficient (Wildman–Crippen LogP) is 3.05. The second-order valence-corrected chi connectivity index (χ2v) is 5.20. The Morgan fingerprint density at radius 3 is 3.37 bits per heavy atom. The number of hydrogen-bond donors (Lipinski definition) is 1. The predicted molar refractivity (Wildman–Crippen MR) is 73.7 cm³/mol. The largest absolute Gasteiger partial charge is 0.469 e. The second kappa shape index (κ2) is 5.61. The topological polar surface area (TPSA) is 43.0 Å². The smallest absolute Gasteiger partial charge is 0.108 e. The minimum absolute atomic E-state index is 0.424. The molecule has 4 heteroatoms. The summed E-state index contributed by atoms with van der Waals surface area (Å²) in [5.41, 5.74) is 2.60. The Labute approximate surface area is 113 Å². The Morgan fingerprint density at radius 2 is 2.47 bits per heavy atom. The van der Waals surface area contributed by atoms with Crippen LogP contribution in [0.5, 0.6) is 0 Å². The van der Waals surface area contributed by atoms with E-state index >= 15 is 0 Å². The molecule has 2 aromatic rings. The number of rotatable bonds is 5. The first-order valence-corrected chi connectivity index (χ1v) is 7.17. The zero-order valence-corrected chi connectivity index (χ0v) is 11.4. The van der Waals surface area contributed by atoms with Crippen LogP contribution in [0, 0.1) is 0 Å². The van der Waals surface area contributed by atoms with Gasteiger partial charge in [0.1, 0.15) is 5.76 Å². The van der Waals surface area contributed by atoms with Crippen molar-refractivity contribution in [3.8, 4) is 0 Å². The van der Waals surface area contributed by atoms with Gasteiger partial charge >= 0.3 is 0 Å². The van der Waals surface area contributed by atoms with Gasteiger partial charge in [-0.1, -0.05) is 6.92 Å². The minimum atomic E-state index is 0.424. The van der Waals surface area contributed by atoms with Crippen LogP contribution in [-0.2, 0) is 19.5 Å².